The molecule has 0 atom stereocenters. The van der Waals surface area contributed by atoms with Gasteiger partial charge in [-0.1, -0.05) is 11.8 Å². The number of anilines is 6. The molecule has 0 aliphatic heterocycles. The minimum atomic E-state index is -4.40. The Labute approximate surface area is 337 Å². The molecule has 0 spiro atoms. The molecule has 0 amide bonds. The highest BCUT2D eigenvalue weighted by Gasteiger charge is 2.20. The molecule has 0 bridgehead atoms. The summed E-state index contributed by atoms with van der Waals surface area (Å²) < 4.78 is 44.1. The Balaban J connectivity index is 1.62. The first-order valence-electron chi connectivity index (χ1n) is 17.5. The molecule has 17 nitrogen and oxygen atoms in total. The van der Waals surface area contributed by atoms with Crippen LogP contribution in [0.2, 0.25) is 0 Å². The smallest absolute Gasteiger partial charge is 0.304 e. The third-order valence-corrected chi connectivity index (χ3v) is 11.9. The third-order valence-electron chi connectivity index (χ3n) is 8.07. The molecular weight excluding hydrogens is 799 g/mol. The Bertz CT molecular complexity index is 2240. The normalized spacial score (nSPS) is 11.7. The van der Waals surface area contributed by atoms with Crippen molar-refractivity contribution in [1.29, 1.82) is 0 Å². The van der Waals surface area contributed by atoms with Crippen molar-refractivity contribution < 1.29 is 27.6 Å². The number of aromatic nitrogens is 3. The van der Waals surface area contributed by atoms with Crippen LogP contribution in [-0.2, 0) is 10.1 Å². The number of hydrogen-bond donors (Lipinski definition) is 4. The Hall–Kier alpha value is -4.93. The zero-order valence-corrected chi connectivity index (χ0v) is 34.9. The van der Waals surface area contributed by atoms with Crippen LogP contribution in [0, 0.1) is 0 Å². The number of benzene rings is 2. The van der Waals surface area contributed by atoms with Crippen molar-refractivity contribution in [3.63, 3.8) is 0 Å². The standard InChI is InChI=1S/C35H43N11O6S4/c1-7-45(8-2)26-18-22(24(20-28(26)51-5)41-43-30-12-11-16-53-30)36-33-38-34(40-35(39-33)54-17-15-47)37-23-19-27(46(9-3)10-4)29(52-6)21-25(23)42-44-31-13-14-32(55-31)56(48,49)50/h11-14,16,18-21,47H,7-10,15,17H2,1-6H3,(H,48,49,50)(H2,36,37,38,39,40)/b43-41+,44-42+. The lowest BCUT2D eigenvalue weighted by Gasteiger charge is -2.25. The first-order chi connectivity index (χ1) is 27.0. The van der Waals surface area contributed by atoms with E-state index in [0.717, 1.165) is 40.8 Å². The predicted molar refractivity (Wildman–Crippen MR) is 224 cm³/mol. The number of methoxy groups -OCH3 is 2. The largest absolute Gasteiger partial charge is 0.494 e. The first-order valence-corrected chi connectivity index (χ1v) is 21.6. The number of aliphatic hydroxyl groups is 1. The summed E-state index contributed by atoms with van der Waals surface area (Å²) in [6.07, 6.45) is 0. The van der Waals surface area contributed by atoms with E-state index in [1.807, 2.05) is 49.6 Å². The van der Waals surface area contributed by atoms with Crippen LogP contribution < -0.4 is 29.9 Å². The van der Waals surface area contributed by atoms with E-state index in [2.05, 4.69) is 64.7 Å². The Morgan fingerprint density at radius 1 is 0.768 bits per heavy atom. The molecule has 0 radical (unpaired) electrons. The molecule has 0 aliphatic carbocycles. The average molecular weight is 842 g/mol. The number of thiophene rings is 2. The quantitative estimate of drug-likeness (QED) is 0.0327. The van der Waals surface area contributed by atoms with Gasteiger partial charge in [0.25, 0.3) is 0 Å². The molecule has 0 saturated carbocycles. The van der Waals surface area contributed by atoms with Crippen LogP contribution in [0.5, 0.6) is 11.5 Å². The van der Waals surface area contributed by atoms with Crippen molar-refractivity contribution in [3.8, 4) is 11.5 Å². The van der Waals surface area contributed by atoms with Crippen LogP contribution in [0.1, 0.15) is 27.7 Å². The lowest BCUT2D eigenvalue weighted by Crippen LogP contribution is -2.22. The summed E-state index contributed by atoms with van der Waals surface area (Å²) in [6.45, 7) is 10.9. The van der Waals surface area contributed by atoms with E-state index in [1.54, 1.807) is 20.3 Å². The lowest BCUT2D eigenvalue weighted by atomic mass is 10.2. The predicted octanol–water partition coefficient (Wildman–Crippen LogP) is 9.35. The van der Waals surface area contributed by atoms with Crippen molar-refractivity contribution in [3.05, 3.63) is 53.9 Å². The molecule has 5 aromatic rings. The second kappa shape index (κ2) is 19.8. The molecular formula is C35H43N11O6S4. The minimum Gasteiger partial charge on any atom is -0.494 e. The molecule has 0 unspecified atom stereocenters. The highest BCUT2D eigenvalue weighted by Crippen LogP contribution is 2.43. The highest BCUT2D eigenvalue weighted by atomic mass is 32.3. The van der Waals surface area contributed by atoms with Gasteiger partial charge in [0, 0.05) is 44.1 Å². The van der Waals surface area contributed by atoms with Gasteiger partial charge < -0.3 is 35.0 Å². The van der Waals surface area contributed by atoms with E-state index in [0.29, 0.717) is 58.2 Å². The van der Waals surface area contributed by atoms with Gasteiger partial charge >= 0.3 is 10.1 Å². The first kappa shape index (κ1) is 42.2. The van der Waals surface area contributed by atoms with Crippen LogP contribution in [0.3, 0.4) is 0 Å². The van der Waals surface area contributed by atoms with Crippen molar-refractivity contribution in [1.82, 2.24) is 15.0 Å². The molecule has 0 fully saturated rings. The van der Waals surface area contributed by atoms with E-state index in [9.17, 15) is 18.1 Å². The monoisotopic (exact) mass is 841 g/mol. The third kappa shape index (κ3) is 10.7. The average Bonchev–Trinajstić information content (AvgIpc) is 3.90. The van der Waals surface area contributed by atoms with Gasteiger partial charge in [-0.25, -0.2) is 0 Å². The van der Waals surface area contributed by atoms with E-state index < -0.39 is 10.1 Å². The van der Waals surface area contributed by atoms with E-state index >= 15 is 0 Å². The van der Waals surface area contributed by atoms with E-state index in [-0.39, 0.29) is 27.7 Å². The van der Waals surface area contributed by atoms with Crippen LogP contribution in [0.25, 0.3) is 0 Å². The maximum Gasteiger partial charge on any atom is 0.304 e. The Kier molecular flexibility index (Phi) is 14.9. The molecule has 21 heteroatoms. The van der Waals surface area contributed by atoms with Crippen LogP contribution in [0.4, 0.5) is 56.0 Å². The summed E-state index contributed by atoms with van der Waals surface area (Å²) in [4.78, 5) is 18.3. The van der Waals surface area contributed by atoms with E-state index in [4.69, 9.17) is 14.5 Å². The number of ether oxygens (including phenoxy) is 2. The number of aliphatic hydroxyl groups excluding tert-OH is 1. The second-order valence-electron chi connectivity index (χ2n) is 11.4. The zero-order valence-electron chi connectivity index (χ0n) is 31.6. The summed E-state index contributed by atoms with van der Waals surface area (Å²) in [5.41, 5.74) is 3.44. The summed E-state index contributed by atoms with van der Waals surface area (Å²) in [5, 5.41) is 37.2. The molecule has 2 aromatic carbocycles. The van der Waals surface area contributed by atoms with Gasteiger partial charge in [0.05, 0.1) is 43.6 Å². The number of hydrogen-bond acceptors (Lipinski definition) is 19. The van der Waals surface area contributed by atoms with Crippen molar-refractivity contribution in [2.75, 3.05) is 73.2 Å². The number of nitrogens with zero attached hydrogens (tertiary/aromatic N) is 9. The van der Waals surface area contributed by atoms with Gasteiger partial charge in [0.1, 0.15) is 37.1 Å². The second-order valence-corrected chi connectivity index (χ2v) is 16.1. The number of nitrogens with one attached hydrogen (secondary N) is 2. The van der Waals surface area contributed by atoms with Gasteiger partial charge in [-0.15, -0.1) is 43.1 Å². The fourth-order valence-corrected chi connectivity index (χ4v) is 7.97. The Morgan fingerprint density at radius 3 is 1.73 bits per heavy atom. The van der Waals surface area contributed by atoms with Gasteiger partial charge in [-0.2, -0.15) is 23.4 Å². The van der Waals surface area contributed by atoms with Crippen LogP contribution >= 0.6 is 34.4 Å². The number of rotatable bonds is 20. The number of azo groups is 2. The topological polar surface area (TPSA) is 212 Å². The molecule has 56 heavy (non-hydrogen) atoms. The minimum absolute atomic E-state index is 0.0981. The molecule has 4 N–H and O–H groups in total. The summed E-state index contributed by atoms with van der Waals surface area (Å²) in [6, 6.07) is 13.7. The van der Waals surface area contributed by atoms with Crippen LogP contribution in [0.15, 0.2) is 83.7 Å². The van der Waals surface area contributed by atoms with Crippen molar-refractivity contribution in [2.24, 2.45) is 20.5 Å². The maximum atomic E-state index is 11.7. The van der Waals surface area contributed by atoms with Crippen molar-refractivity contribution in [2.45, 2.75) is 37.1 Å². The highest BCUT2D eigenvalue weighted by molar-refractivity contribution is 7.99. The fraction of sp³-hybridized carbons (Fsp3) is 0.343. The molecule has 298 valence electrons. The number of thioether (sulfide) groups is 1. The molecule has 5 rings (SSSR count). The van der Waals surface area contributed by atoms with Gasteiger partial charge in [0.2, 0.25) is 11.9 Å². The SMILES string of the molecule is CCN(CC)c1cc(Nc2nc(Nc3cc(N(CC)CC)c(OC)cc3/N=N/c3ccc(S(=O)(=O)O)s3)nc(SCCO)n2)c(/N=N/c2cccs2)cc1OC. The summed E-state index contributed by atoms with van der Waals surface area (Å²) in [7, 11) is -1.23. The molecule has 0 saturated heterocycles. The molecule has 3 aromatic heterocycles. The van der Waals surface area contributed by atoms with Crippen molar-refractivity contribution >= 4 is 101 Å². The fourth-order valence-electron chi connectivity index (χ4n) is 5.38. The summed E-state index contributed by atoms with van der Waals surface area (Å²) in [5.74, 6) is 1.82. The van der Waals surface area contributed by atoms with Gasteiger partial charge in [-0.3, -0.25) is 4.55 Å². The molecule has 0 aliphatic rings. The Morgan fingerprint density at radius 2 is 1.30 bits per heavy atom. The zero-order chi connectivity index (χ0) is 40.2. The lowest BCUT2D eigenvalue weighted by molar-refractivity contribution is 0.322. The van der Waals surface area contributed by atoms with E-state index in [1.165, 1.54) is 35.2 Å². The van der Waals surface area contributed by atoms with Gasteiger partial charge in [-0.05, 0) is 69.5 Å². The maximum absolute atomic E-state index is 11.7. The van der Waals surface area contributed by atoms with Crippen LogP contribution in [-0.4, -0.2) is 85.8 Å². The molecule has 3 heterocycles. The summed E-state index contributed by atoms with van der Waals surface area (Å²) >= 11 is 3.47. The van der Waals surface area contributed by atoms with Gasteiger partial charge in [0.15, 0.2) is 5.16 Å².